The van der Waals surface area contributed by atoms with Crippen LogP contribution in [0.4, 0.5) is 19.0 Å². The van der Waals surface area contributed by atoms with Crippen molar-refractivity contribution in [1.29, 1.82) is 0 Å². The molecule has 1 saturated heterocycles. The minimum atomic E-state index is -4.45. The predicted molar refractivity (Wildman–Crippen MR) is 93.9 cm³/mol. The molecule has 0 spiro atoms. The Morgan fingerprint density at radius 2 is 2.33 bits per heavy atom. The molecule has 4 heterocycles. The number of hydrogen-bond acceptors (Lipinski definition) is 5. The van der Waals surface area contributed by atoms with Crippen molar-refractivity contribution < 1.29 is 22.7 Å². The molecule has 0 bridgehead atoms. The highest BCUT2D eigenvalue weighted by atomic mass is 32.1. The topological polar surface area (TPSA) is 68.2 Å². The van der Waals surface area contributed by atoms with E-state index in [1.54, 1.807) is 12.1 Å². The Balaban J connectivity index is 1.55. The van der Waals surface area contributed by atoms with E-state index in [-0.39, 0.29) is 24.0 Å². The van der Waals surface area contributed by atoms with E-state index in [9.17, 15) is 18.0 Å². The van der Waals surface area contributed by atoms with E-state index >= 15 is 0 Å². The molecule has 3 atom stereocenters. The number of hydrogen-bond donors (Lipinski definition) is 2. The molecule has 2 aliphatic heterocycles. The maximum atomic E-state index is 13.6. The van der Waals surface area contributed by atoms with Crippen LogP contribution in [-0.2, 0) is 4.74 Å². The van der Waals surface area contributed by atoms with Crippen LogP contribution in [-0.4, -0.2) is 41.1 Å². The highest BCUT2D eigenvalue weighted by molar-refractivity contribution is 7.10. The van der Waals surface area contributed by atoms with Crippen molar-refractivity contribution in [2.45, 2.75) is 43.6 Å². The van der Waals surface area contributed by atoms with Gasteiger partial charge in [-0.25, -0.2) is 4.68 Å². The minimum Gasteiger partial charge on any atom is -0.376 e. The molecule has 2 N–H and O–H groups in total. The maximum absolute atomic E-state index is 13.6. The Labute approximate surface area is 157 Å². The van der Waals surface area contributed by atoms with Gasteiger partial charge in [0.1, 0.15) is 5.82 Å². The number of fused-ring (bicyclic) bond motifs is 1. The molecule has 1 fully saturated rings. The summed E-state index contributed by atoms with van der Waals surface area (Å²) in [5.41, 5.74) is -0.0309. The van der Waals surface area contributed by atoms with Gasteiger partial charge in [-0.2, -0.15) is 18.3 Å². The van der Waals surface area contributed by atoms with Crippen molar-refractivity contribution in [2.75, 3.05) is 18.5 Å². The molecular weight excluding hydrogens is 381 g/mol. The Kier molecular flexibility index (Phi) is 4.85. The summed E-state index contributed by atoms with van der Waals surface area (Å²) in [6, 6.07) is 2.74. The molecule has 6 nitrogen and oxygen atoms in total. The van der Waals surface area contributed by atoms with E-state index in [0.29, 0.717) is 13.2 Å². The number of amides is 1. The summed E-state index contributed by atoms with van der Waals surface area (Å²) in [5.74, 6) is -0.299. The van der Waals surface area contributed by atoms with Gasteiger partial charge in [0.15, 0.2) is 11.7 Å². The Morgan fingerprint density at radius 3 is 3.00 bits per heavy atom. The number of alkyl halides is 3. The van der Waals surface area contributed by atoms with Crippen molar-refractivity contribution in [1.82, 2.24) is 15.1 Å². The van der Waals surface area contributed by atoms with E-state index < -0.39 is 24.2 Å². The zero-order valence-corrected chi connectivity index (χ0v) is 15.1. The number of nitrogens with one attached hydrogen (secondary N) is 2. The van der Waals surface area contributed by atoms with Crippen LogP contribution < -0.4 is 10.6 Å². The summed E-state index contributed by atoms with van der Waals surface area (Å²) in [6.07, 6.45) is -2.87. The lowest BCUT2D eigenvalue weighted by molar-refractivity contribution is -0.173. The molecule has 4 rings (SSSR count). The Morgan fingerprint density at radius 1 is 1.48 bits per heavy atom. The largest absolute Gasteiger partial charge is 0.410 e. The van der Waals surface area contributed by atoms with Crippen molar-refractivity contribution in [2.24, 2.45) is 0 Å². The van der Waals surface area contributed by atoms with E-state index in [1.165, 1.54) is 17.4 Å². The number of ether oxygens (including phenoxy) is 1. The molecule has 146 valence electrons. The van der Waals surface area contributed by atoms with Gasteiger partial charge in [0, 0.05) is 30.5 Å². The second kappa shape index (κ2) is 7.16. The lowest BCUT2D eigenvalue weighted by atomic mass is 10.0. The van der Waals surface area contributed by atoms with Crippen LogP contribution >= 0.6 is 11.3 Å². The van der Waals surface area contributed by atoms with E-state index in [2.05, 4.69) is 15.7 Å². The molecule has 27 heavy (non-hydrogen) atoms. The van der Waals surface area contributed by atoms with Crippen LogP contribution in [0.1, 0.15) is 46.7 Å². The van der Waals surface area contributed by atoms with Crippen LogP contribution in [0.5, 0.6) is 0 Å². The second-order valence-electron chi connectivity index (χ2n) is 6.71. The van der Waals surface area contributed by atoms with Gasteiger partial charge in [0.05, 0.1) is 12.1 Å². The predicted octanol–water partition coefficient (Wildman–Crippen LogP) is 3.51. The summed E-state index contributed by atoms with van der Waals surface area (Å²) in [5, 5.41) is 11.5. The average molecular weight is 400 g/mol. The van der Waals surface area contributed by atoms with Gasteiger partial charge in [-0.1, -0.05) is 6.07 Å². The van der Waals surface area contributed by atoms with Crippen LogP contribution in [0.2, 0.25) is 0 Å². The third-order valence-corrected chi connectivity index (χ3v) is 5.81. The minimum absolute atomic E-state index is 0.0309. The molecule has 2 aliphatic rings. The smallest absolute Gasteiger partial charge is 0.376 e. The van der Waals surface area contributed by atoms with Crippen molar-refractivity contribution in [3.05, 3.63) is 34.2 Å². The van der Waals surface area contributed by atoms with Gasteiger partial charge in [0.2, 0.25) is 0 Å². The van der Waals surface area contributed by atoms with Crippen LogP contribution in [0.3, 0.4) is 0 Å². The van der Waals surface area contributed by atoms with E-state index in [0.717, 1.165) is 22.4 Å². The number of aromatic nitrogens is 2. The first-order chi connectivity index (χ1) is 12.9. The second-order valence-corrected chi connectivity index (χ2v) is 7.69. The quantitative estimate of drug-likeness (QED) is 0.824. The molecule has 1 amide bonds. The molecule has 0 radical (unpaired) electrons. The van der Waals surface area contributed by atoms with Gasteiger partial charge in [-0.05, 0) is 24.3 Å². The molecular formula is C17H19F3N4O2S. The van der Waals surface area contributed by atoms with Crippen LogP contribution in [0, 0.1) is 0 Å². The molecule has 2 aromatic rings. The zero-order chi connectivity index (χ0) is 19.0. The average Bonchev–Trinajstić information content (AvgIpc) is 3.38. The molecule has 0 aromatic carbocycles. The number of thiophene rings is 1. The highest BCUT2D eigenvalue weighted by Crippen LogP contribution is 2.44. The lowest BCUT2D eigenvalue weighted by Gasteiger charge is -2.32. The molecule has 0 unspecified atom stereocenters. The van der Waals surface area contributed by atoms with Crippen molar-refractivity contribution in [3.8, 4) is 0 Å². The number of nitrogens with zero attached hydrogens (tertiary/aromatic N) is 2. The summed E-state index contributed by atoms with van der Waals surface area (Å²) in [6.45, 7) is 0.996. The third kappa shape index (κ3) is 3.81. The third-order valence-electron chi connectivity index (χ3n) is 4.82. The van der Waals surface area contributed by atoms with Gasteiger partial charge in [-0.3, -0.25) is 4.79 Å². The summed E-state index contributed by atoms with van der Waals surface area (Å²) >= 11 is 1.40. The van der Waals surface area contributed by atoms with Gasteiger partial charge < -0.3 is 15.4 Å². The highest BCUT2D eigenvalue weighted by Gasteiger charge is 2.47. The molecule has 10 heteroatoms. The standard InChI is InChI=1S/C17H19F3N4O2S/c18-17(19,20)14-7-11(13-4-2-6-27-13)22-15-8-12(23-24(14)15)16(25)21-9-10-3-1-5-26-10/h2,4,6,8,10-11,14,22H,1,3,5,7,9H2,(H,21,25)/t10-,11-,14+/m0/s1. The molecule has 2 aromatic heterocycles. The van der Waals surface area contributed by atoms with Gasteiger partial charge in [0.25, 0.3) is 5.91 Å². The van der Waals surface area contributed by atoms with Gasteiger partial charge in [-0.15, -0.1) is 11.3 Å². The van der Waals surface area contributed by atoms with Crippen molar-refractivity contribution in [3.63, 3.8) is 0 Å². The SMILES string of the molecule is O=C(NC[C@@H]1CCCO1)c1cc2n(n1)[C@@H](C(F)(F)F)C[C@@H](c1cccs1)N2. The fraction of sp³-hybridized carbons (Fsp3) is 0.529. The number of anilines is 1. The van der Waals surface area contributed by atoms with E-state index in [4.69, 9.17) is 4.74 Å². The normalized spacial score (nSPS) is 25.1. The zero-order valence-electron chi connectivity index (χ0n) is 14.3. The van der Waals surface area contributed by atoms with Crippen LogP contribution in [0.25, 0.3) is 0 Å². The fourth-order valence-electron chi connectivity index (χ4n) is 3.46. The summed E-state index contributed by atoms with van der Waals surface area (Å²) in [4.78, 5) is 13.2. The first kappa shape index (κ1) is 18.3. The summed E-state index contributed by atoms with van der Waals surface area (Å²) in [7, 11) is 0. The Hall–Kier alpha value is -2.07. The maximum Gasteiger partial charge on any atom is 0.410 e. The number of carbonyl (C=O) groups excluding carboxylic acids is 1. The van der Waals surface area contributed by atoms with Gasteiger partial charge >= 0.3 is 6.18 Å². The fourth-order valence-corrected chi connectivity index (χ4v) is 4.25. The number of carbonyl (C=O) groups is 1. The first-order valence-corrected chi connectivity index (χ1v) is 9.66. The van der Waals surface area contributed by atoms with E-state index in [1.807, 2.05) is 5.38 Å². The lowest BCUT2D eigenvalue weighted by Crippen LogP contribution is -2.35. The number of halogens is 3. The van der Waals surface area contributed by atoms with Crippen LogP contribution in [0.15, 0.2) is 23.6 Å². The first-order valence-electron chi connectivity index (χ1n) is 8.78. The Bertz CT molecular complexity index is 800. The van der Waals surface area contributed by atoms with Crippen molar-refractivity contribution >= 4 is 23.1 Å². The summed E-state index contributed by atoms with van der Waals surface area (Å²) < 4.78 is 47.1. The molecule has 0 aliphatic carbocycles. The number of rotatable bonds is 4. The molecule has 0 saturated carbocycles. The monoisotopic (exact) mass is 400 g/mol.